The van der Waals surface area contributed by atoms with E-state index in [1.807, 2.05) is 24.0 Å². The number of nitrogen functional groups attached to an aromatic ring is 1. The Balaban J connectivity index is 1.71. The zero-order chi connectivity index (χ0) is 18.4. The minimum atomic E-state index is -1.68. The van der Waals surface area contributed by atoms with E-state index in [9.17, 15) is 0 Å². The molecule has 0 spiro atoms. The van der Waals surface area contributed by atoms with Gasteiger partial charge in [0.2, 0.25) is 0 Å². The van der Waals surface area contributed by atoms with Crippen molar-refractivity contribution in [3.63, 3.8) is 0 Å². The number of aromatic nitrogens is 3. The number of nitrogens with two attached hydrogens (primary N) is 1. The lowest BCUT2D eigenvalue weighted by Gasteiger charge is -2.41. The zero-order valence-electron chi connectivity index (χ0n) is 16.5. The van der Waals surface area contributed by atoms with E-state index in [2.05, 4.69) is 38.8 Å². The largest absolute Gasteiger partial charge is 0.414 e. The predicted octanol–water partition coefficient (Wildman–Crippen LogP) is 4.60. The number of hydrogen-bond donors (Lipinski definition) is 1. The highest BCUT2D eigenvalue weighted by Gasteiger charge is 2.40. The predicted molar refractivity (Wildman–Crippen MR) is 106 cm³/mol. The average Bonchev–Trinajstić information content (AvgIpc) is 2.83. The van der Waals surface area contributed by atoms with E-state index < -0.39 is 8.32 Å². The summed E-state index contributed by atoms with van der Waals surface area (Å²) in [6.07, 6.45) is 6.80. The van der Waals surface area contributed by atoms with Crippen LogP contribution in [-0.4, -0.2) is 29.2 Å². The van der Waals surface area contributed by atoms with Crippen LogP contribution in [0.3, 0.4) is 0 Å². The number of fused-ring (bicyclic) bond motifs is 1. The number of nitrogens with zero attached hydrogens (tertiary/aromatic N) is 3. The molecule has 2 aromatic heterocycles. The molecule has 0 unspecified atom stereocenters. The van der Waals surface area contributed by atoms with Crippen molar-refractivity contribution in [1.82, 2.24) is 14.8 Å². The summed E-state index contributed by atoms with van der Waals surface area (Å²) in [5.41, 5.74) is 8.08. The lowest BCUT2D eigenvalue weighted by atomic mass is 9.84. The van der Waals surface area contributed by atoms with Crippen molar-refractivity contribution < 1.29 is 4.43 Å². The SMILES string of the molecule is Cn1nc(C2CCC(O[Si](C)(C)C(C)(C)C)CC2)c2cnc(N)cc21. The third-order valence-corrected chi connectivity index (χ3v) is 10.6. The first-order valence-corrected chi connectivity index (χ1v) is 12.3. The molecule has 2 heterocycles. The van der Waals surface area contributed by atoms with Crippen LogP contribution in [0.5, 0.6) is 0 Å². The van der Waals surface area contributed by atoms with Gasteiger partial charge in [-0.2, -0.15) is 5.10 Å². The monoisotopic (exact) mass is 360 g/mol. The third kappa shape index (κ3) is 3.60. The van der Waals surface area contributed by atoms with Crippen LogP contribution in [0.25, 0.3) is 10.9 Å². The van der Waals surface area contributed by atoms with E-state index in [4.69, 9.17) is 15.3 Å². The van der Waals surface area contributed by atoms with Crippen LogP contribution in [0.1, 0.15) is 58.1 Å². The quantitative estimate of drug-likeness (QED) is 0.812. The topological polar surface area (TPSA) is 66.0 Å². The van der Waals surface area contributed by atoms with Gasteiger partial charge in [0.05, 0.1) is 11.2 Å². The first kappa shape index (κ1) is 18.4. The molecule has 5 nitrogen and oxygen atoms in total. The second kappa shape index (κ2) is 6.40. The molecule has 2 N–H and O–H groups in total. The number of aryl methyl sites for hydroxylation is 1. The molecular weight excluding hydrogens is 328 g/mol. The molecule has 6 heteroatoms. The molecule has 0 amide bonds. The fraction of sp³-hybridized carbons (Fsp3) is 0.684. The van der Waals surface area contributed by atoms with Gasteiger partial charge in [0.1, 0.15) is 5.82 Å². The van der Waals surface area contributed by atoms with Crippen LogP contribution in [0.2, 0.25) is 18.1 Å². The standard InChI is InChI=1S/C19H32N4OSi/c1-19(2,3)25(5,6)24-14-9-7-13(8-10-14)18-15-12-21-17(20)11-16(15)23(4)22-18/h11-14H,7-10H2,1-6H3,(H2,20,21). The maximum atomic E-state index is 6.62. The molecule has 0 aliphatic heterocycles. The second-order valence-electron chi connectivity index (χ2n) is 8.99. The summed E-state index contributed by atoms with van der Waals surface area (Å²) in [7, 11) is 0.300. The first-order chi connectivity index (χ1) is 11.6. The summed E-state index contributed by atoms with van der Waals surface area (Å²) < 4.78 is 8.55. The number of pyridine rings is 1. The van der Waals surface area contributed by atoms with E-state index in [0.717, 1.165) is 36.6 Å². The van der Waals surface area contributed by atoms with Crippen molar-refractivity contribution in [3.05, 3.63) is 18.0 Å². The van der Waals surface area contributed by atoms with Gasteiger partial charge in [-0.3, -0.25) is 4.68 Å². The summed E-state index contributed by atoms with van der Waals surface area (Å²) in [5.74, 6) is 1.04. The van der Waals surface area contributed by atoms with E-state index >= 15 is 0 Å². The van der Waals surface area contributed by atoms with Crippen LogP contribution < -0.4 is 5.73 Å². The van der Waals surface area contributed by atoms with Crippen molar-refractivity contribution in [2.75, 3.05) is 5.73 Å². The van der Waals surface area contributed by atoms with Crippen molar-refractivity contribution in [1.29, 1.82) is 0 Å². The van der Waals surface area contributed by atoms with Gasteiger partial charge in [-0.1, -0.05) is 20.8 Å². The Morgan fingerprint density at radius 3 is 2.44 bits per heavy atom. The van der Waals surface area contributed by atoms with Gasteiger partial charge in [-0.25, -0.2) is 4.98 Å². The highest BCUT2D eigenvalue weighted by molar-refractivity contribution is 6.74. The molecule has 1 fully saturated rings. The van der Waals surface area contributed by atoms with E-state index in [0.29, 0.717) is 17.8 Å². The van der Waals surface area contributed by atoms with Crippen LogP contribution >= 0.6 is 0 Å². The summed E-state index contributed by atoms with van der Waals surface area (Å²) in [5, 5.41) is 6.20. The molecule has 1 aliphatic carbocycles. The summed E-state index contributed by atoms with van der Waals surface area (Å²) in [6.45, 7) is 11.6. The normalized spacial score (nSPS) is 22.5. The number of anilines is 1. The van der Waals surface area contributed by atoms with Crippen LogP contribution in [0.15, 0.2) is 12.3 Å². The smallest absolute Gasteiger partial charge is 0.192 e. The fourth-order valence-corrected chi connectivity index (χ4v) is 4.97. The highest BCUT2D eigenvalue weighted by atomic mass is 28.4. The summed E-state index contributed by atoms with van der Waals surface area (Å²) in [6, 6.07) is 1.91. The molecule has 25 heavy (non-hydrogen) atoms. The zero-order valence-corrected chi connectivity index (χ0v) is 17.5. The van der Waals surface area contributed by atoms with Crippen molar-refractivity contribution in [2.45, 2.75) is 76.6 Å². The molecule has 138 valence electrons. The van der Waals surface area contributed by atoms with Gasteiger partial charge < -0.3 is 10.2 Å². The average molecular weight is 361 g/mol. The molecule has 2 aromatic rings. The summed E-state index contributed by atoms with van der Waals surface area (Å²) >= 11 is 0. The Kier molecular flexibility index (Phi) is 4.70. The molecule has 0 radical (unpaired) electrons. The Labute approximate surface area is 152 Å². The Morgan fingerprint density at radius 2 is 1.84 bits per heavy atom. The van der Waals surface area contributed by atoms with Crippen LogP contribution in [0, 0.1) is 0 Å². The van der Waals surface area contributed by atoms with E-state index in [1.54, 1.807) is 0 Å². The lowest BCUT2D eigenvalue weighted by molar-refractivity contribution is 0.129. The molecule has 3 rings (SSSR count). The number of rotatable bonds is 3. The van der Waals surface area contributed by atoms with Crippen LogP contribution in [0.4, 0.5) is 5.82 Å². The second-order valence-corrected chi connectivity index (χ2v) is 13.7. The third-order valence-electron chi connectivity index (χ3n) is 6.11. The Hall–Kier alpha value is -1.40. The van der Waals surface area contributed by atoms with E-state index in [1.165, 1.54) is 5.69 Å². The molecule has 0 saturated heterocycles. The summed E-state index contributed by atoms with van der Waals surface area (Å²) in [4.78, 5) is 4.27. The molecule has 0 aromatic carbocycles. The van der Waals surface area contributed by atoms with Gasteiger partial charge in [0.15, 0.2) is 8.32 Å². The minimum Gasteiger partial charge on any atom is -0.414 e. The number of hydrogen-bond acceptors (Lipinski definition) is 4. The van der Waals surface area contributed by atoms with Crippen molar-refractivity contribution >= 4 is 25.0 Å². The molecule has 0 bridgehead atoms. The van der Waals surface area contributed by atoms with Crippen molar-refractivity contribution in [3.8, 4) is 0 Å². The maximum absolute atomic E-state index is 6.62. The van der Waals surface area contributed by atoms with Gasteiger partial charge in [0, 0.05) is 36.7 Å². The Bertz CT molecular complexity index is 755. The van der Waals surface area contributed by atoms with Crippen LogP contribution in [-0.2, 0) is 11.5 Å². The van der Waals surface area contributed by atoms with E-state index in [-0.39, 0.29) is 5.04 Å². The minimum absolute atomic E-state index is 0.270. The van der Waals surface area contributed by atoms with Gasteiger partial charge in [-0.05, 0) is 43.8 Å². The molecule has 0 atom stereocenters. The van der Waals surface area contributed by atoms with Crippen molar-refractivity contribution in [2.24, 2.45) is 7.05 Å². The molecular formula is C19H32N4OSi. The van der Waals surface area contributed by atoms with Gasteiger partial charge in [-0.15, -0.1) is 0 Å². The maximum Gasteiger partial charge on any atom is 0.192 e. The first-order valence-electron chi connectivity index (χ1n) is 9.34. The Morgan fingerprint density at radius 1 is 1.20 bits per heavy atom. The van der Waals surface area contributed by atoms with Gasteiger partial charge in [0.25, 0.3) is 0 Å². The lowest BCUT2D eigenvalue weighted by Crippen LogP contribution is -2.44. The molecule has 1 saturated carbocycles. The molecule has 1 aliphatic rings. The fourth-order valence-electron chi connectivity index (χ4n) is 3.54. The highest BCUT2D eigenvalue weighted by Crippen LogP contribution is 2.41. The van der Waals surface area contributed by atoms with Gasteiger partial charge >= 0.3 is 0 Å².